The summed E-state index contributed by atoms with van der Waals surface area (Å²) in [6, 6.07) is 4.42. The third-order valence-corrected chi connectivity index (χ3v) is 2.24. The maximum Gasteiger partial charge on any atom is 0.122 e. The molecule has 0 saturated carbocycles. The summed E-state index contributed by atoms with van der Waals surface area (Å²) in [6.45, 7) is 6.16. The van der Waals surface area contributed by atoms with Crippen LogP contribution < -0.4 is 4.74 Å². The Morgan fingerprint density at radius 3 is 2.29 bits per heavy atom. The van der Waals surface area contributed by atoms with E-state index in [1.165, 1.54) is 23.1 Å². The first-order chi connectivity index (χ1) is 6.35. The lowest BCUT2D eigenvalue weighted by Gasteiger charge is -2.03. The maximum absolute atomic E-state index is 5.25. The Morgan fingerprint density at radius 1 is 1.21 bits per heavy atom. The molecule has 0 aromatic heterocycles. The molecule has 0 aliphatic heterocycles. The normalized spacial score (nSPS) is 10.3. The molecule has 1 nitrogen and oxygen atoms in total. The predicted molar refractivity (Wildman–Crippen MR) is 63.3 cm³/mol. The molecule has 1 heteroatoms. The summed E-state index contributed by atoms with van der Waals surface area (Å²) in [6.07, 6.45) is 2.24. The van der Waals surface area contributed by atoms with E-state index in [9.17, 15) is 0 Å². The second-order valence-electron chi connectivity index (χ2n) is 2.96. The van der Waals surface area contributed by atoms with E-state index in [1.54, 1.807) is 7.11 Å². The van der Waals surface area contributed by atoms with Gasteiger partial charge in [-0.25, -0.2) is 0 Å². The summed E-state index contributed by atoms with van der Waals surface area (Å²) in [7, 11) is 1.74. The molecule has 2 rings (SSSR count). The molecule has 0 N–H and O–H groups in total. The van der Waals surface area contributed by atoms with Gasteiger partial charge in [0.1, 0.15) is 5.75 Å². The minimum Gasteiger partial charge on any atom is -0.496 e. The number of benzene rings is 1. The van der Waals surface area contributed by atoms with Crippen molar-refractivity contribution in [2.24, 2.45) is 0 Å². The zero-order valence-corrected chi connectivity index (χ0v) is 8.98. The van der Waals surface area contributed by atoms with E-state index >= 15 is 0 Å². The Morgan fingerprint density at radius 2 is 1.79 bits per heavy atom. The average molecular weight is 194 g/mol. The summed E-state index contributed by atoms with van der Waals surface area (Å²) in [4.78, 5) is 0. The Hall–Kier alpha value is -0.980. The molecule has 14 heavy (non-hydrogen) atoms. The smallest absolute Gasteiger partial charge is 0.122 e. The van der Waals surface area contributed by atoms with Crippen LogP contribution in [-0.4, -0.2) is 7.11 Å². The van der Waals surface area contributed by atoms with Crippen LogP contribution in [0, 0.1) is 0 Å². The van der Waals surface area contributed by atoms with Gasteiger partial charge in [0.15, 0.2) is 0 Å². The third-order valence-electron chi connectivity index (χ3n) is 2.24. The second kappa shape index (κ2) is 5.69. The number of aryl methyl sites for hydroxylation is 1. The number of hydrogen-bond donors (Lipinski definition) is 0. The Labute approximate surface area is 88.1 Å². The van der Waals surface area contributed by atoms with Gasteiger partial charge in [-0.05, 0) is 35.6 Å². The van der Waals surface area contributed by atoms with Crippen molar-refractivity contribution in [1.82, 2.24) is 0 Å². The van der Waals surface area contributed by atoms with Gasteiger partial charge in [-0.15, -0.1) is 0 Å². The van der Waals surface area contributed by atoms with Crippen LogP contribution in [-0.2, 0) is 12.8 Å². The van der Waals surface area contributed by atoms with E-state index in [1.807, 2.05) is 13.8 Å². The first-order valence-electron chi connectivity index (χ1n) is 5.03. The highest BCUT2D eigenvalue weighted by atomic mass is 16.5. The fourth-order valence-electron chi connectivity index (χ4n) is 1.45. The minimum absolute atomic E-state index is 0. The van der Waals surface area contributed by atoms with Crippen molar-refractivity contribution in [1.29, 1.82) is 0 Å². The van der Waals surface area contributed by atoms with E-state index in [0.717, 1.165) is 12.2 Å². The molecule has 0 atom stereocenters. The second-order valence-corrected chi connectivity index (χ2v) is 2.96. The average Bonchev–Trinajstić information content (AvgIpc) is 2.96. The van der Waals surface area contributed by atoms with Crippen LogP contribution in [0.5, 0.6) is 5.75 Å². The third kappa shape index (κ3) is 2.50. The van der Waals surface area contributed by atoms with Crippen LogP contribution >= 0.6 is 0 Å². The Balaban J connectivity index is 0.000000531. The first-order valence-corrected chi connectivity index (χ1v) is 5.03. The zero-order valence-electron chi connectivity index (χ0n) is 8.98. The van der Waals surface area contributed by atoms with Gasteiger partial charge in [-0.1, -0.05) is 34.3 Å². The van der Waals surface area contributed by atoms with Crippen LogP contribution in [0.25, 0.3) is 0 Å². The molecule has 1 aliphatic carbocycles. The molecular weight excluding hydrogens is 172 g/mol. The molecule has 1 aromatic rings. The summed E-state index contributed by atoms with van der Waals surface area (Å²) in [5, 5.41) is 0. The molecule has 0 unspecified atom stereocenters. The first kappa shape index (κ1) is 13.0. The van der Waals surface area contributed by atoms with Gasteiger partial charge in [0.2, 0.25) is 0 Å². The van der Waals surface area contributed by atoms with Gasteiger partial charge in [0.05, 0.1) is 7.11 Å². The lowest BCUT2D eigenvalue weighted by molar-refractivity contribution is 0.410. The number of ether oxygens (including phenoxy) is 1. The van der Waals surface area contributed by atoms with Crippen LogP contribution in [0.3, 0.4) is 0 Å². The van der Waals surface area contributed by atoms with Gasteiger partial charge < -0.3 is 4.74 Å². The molecule has 1 aliphatic rings. The van der Waals surface area contributed by atoms with Crippen molar-refractivity contribution in [3.05, 3.63) is 28.8 Å². The lowest BCUT2D eigenvalue weighted by Crippen LogP contribution is -1.88. The fourth-order valence-corrected chi connectivity index (χ4v) is 1.45. The molecule has 0 bridgehead atoms. The van der Waals surface area contributed by atoms with Crippen LogP contribution in [0.1, 0.15) is 44.9 Å². The van der Waals surface area contributed by atoms with E-state index in [0.29, 0.717) is 0 Å². The largest absolute Gasteiger partial charge is 0.496 e. The molecular formula is C13H22O. The minimum atomic E-state index is 0. The monoisotopic (exact) mass is 194 g/mol. The number of fused-ring (bicyclic) bond motifs is 1. The van der Waals surface area contributed by atoms with Crippen molar-refractivity contribution < 1.29 is 4.74 Å². The van der Waals surface area contributed by atoms with Crippen molar-refractivity contribution in [3.8, 4) is 5.75 Å². The summed E-state index contributed by atoms with van der Waals surface area (Å²) in [5.41, 5.74) is 4.30. The van der Waals surface area contributed by atoms with Gasteiger partial charge in [-0.3, -0.25) is 0 Å². The Bertz CT molecular complexity index is 261. The highest BCUT2D eigenvalue weighted by Crippen LogP contribution is 2.34. The van der Waals surface area contributed by atoms with Gasteiger partial charge in [0.25, 0.3) is 0 Å². The number of rotatable bonds is 2. The standard InChI is InChI=1S/C10H12O.C2H6.CH4/c1-3-7-4-8-5-9(8)6-10(7)11-2;1-2;/h4,6H,3,5H2,1-2H3;1-2H3;1H4. The van der Waals surface area contributed by atoms with Crippen molar-refractivity contribution in [3.63, 3.8) is 0 Å². The zero-order chi connectivity index (χ0) is 9.84. The van der Waals surface area contributed by atoms with E-state index in [2.05, 4.69) is 19.1 Å². The summed E-state index contributed by atoms with van der Waals surface area (Å²) >= 11 is 0. The SMILES string of the molecule is C.CC.CCc1cc2c(cc1OC)C2. The summed E-state index contributed by atoms with van der Waals surface area (Å²) < 4.78 is 5.25. The molecule has 0 spiro atoms. The van der Waals surface area contributed by atoms with Crippen molar-refractivity contribution in [2.75, 3.05) is 7.11 Å². The number of methoxy groups -OCH3 is 1. The van der Waals surface area contributed by atoms with Crippen LogP contribution in [0.4, 0.5) is 0 Å². The molecule has 0 heterocycles. The number of hydrogen-bond acceptors (Lipinski definition) is 1. The maximum atomic E-state index is 5.25. The van der Waals surface area contributed by atoms with Crippen molar-refractivity contribution in [2.45, 2.75) is 41.0 Å². The molecule has 0 amide bonds. The Kier molecular flexibility index (Phi) is 5.29. The summed E-state index contributed by atoms with van der Waals surface area (Å²) in [5.74, 6) is 1.06. The molecule has 80 valence electrons. The van der Waals surface area contributed by atoms with Gasteiger partial charge in [-0.2, -0.15) is 0 Å². The highest BCUT2D eigenvalue weighted by molar-refractivity contribution is 5.53. The van der Waals surface area contributed by atoms with Crippen molar-refractivity contribution >= 4 is 0 Å². The van der Waals surface area contributed by atoms with E-state index in [4.69, 9.17) is 4.74 Å². The topological polar surface area (TPSA) is 9.23 Å². The molecule has 1 aromatic carbocycles. The molecule has 0 fully saturated rings. The van der Waals surface area contributed by atoms with E-state index in [-0.39, 0.29) is 7.43 Å². The van der Waals surface area contributed by atoms with Crippen LogP contribution in [0.2, 0.25) is 0 Å². The van der Waals surface area contributed by atoms with Crippen LogP contribution in [0.15, 0.2) is 12.1 Å². The highest BCUT2D eigenvalue weighted by Gasteiger charge is 2.19. The van der Waals surface area contributed by atoms with Gasteiger partial charge in [0, 0.05) is 0 Å². The fraction of sp³-hybridized carbons (Fsp3) is 0.538. The lowest BCUT2D eigenvalue weighted by atomic mass is 10.1. The van der Waals surface area contributed by atoms with Gasteiger partial charge >= 0.3 is 0 Å². The van der Waals surface area contributed by atoms with E-state index < -0.39 is 0 Å². The quantitative estimate of drug-likeness (QED) is 0.706. The predicted octanol–water partition coefficient (Wildman–Crippen LogP) is 3.82. The molecule has 0 radical (unpaired) electrons. The molecule has 0 saturated heterocycles.